The largest absolute Gasteiger partial charge is 0.481 e. The summed E-state index contributed by atoms with van der Waals surface area (Å²) in [6, 6.07) is 14.5. The fourth-order valence-electron chi connectivity index (χ4n) is 3.63. The lowest BCUT2D eigenvalue weighted by molar-refractivity contribution is -0.179. The van der Waals surface area contributed by atoms with Gasteiger partial charge in [-0.05, 0) is 29.2 Å². The third-order valence-electron chi connectivity index (χ3n) is 4.95. The molecule has 0 aromatic heterocycles. The van der Waals surface area contributed by atoms with Crippen LogP contribution in [0.25, 0.3) is 11.1 Å². The number of carbonyl (C=O) groups is 3. The summed E-state index contributed by atoms with van der Waals surface area (Å²) in [5, 5.41) is 12.3. The molecule has 2 N–H and O–H groups in total. The first kappa shape index (κ1) is 21.3. The van der Waals surface area contributed by atoms with Crippen molar-refractivity contribution in [2.24, 2.45) is 0 Å². The molecule has 0 aliphatic heterocycles. The van der Waals surface area contributed by atoms with Gasteiger partial charge < -0.3 is 15.2 Å². The van der Waals surface area contributed by atoms with Crippen molar-refractivity contribution in [1.29, 1.82) is 0 Å². The Kier molecular flexibility index (Phi) is 6.68. The van der Waals surface area contributed by atoms with Crippen molar-refractivity contribution in [2.75, 3.05) is 20.3 Å². The van der Waals surface area contributed by atoms with Gasteiger partial charge in [-0.15, -0.1) is 0 Å². The number of fused-ring (bicyclic) bond motifs is 3. The number of benzene rings is 2. The summed E-state index contributed by atoms with van der Waals surface area (Å²) < 4.78 is 5.39. The lowest BCUT2D eigenvalue weighted by Gasteiger charge is -2.22. The summed E-state index contributed by atoms with van der Waals surface area (Å²) >= 11 is 0. The van der Waals surface area contributed by atoms with Crippen LogP contribution in [-0.4, -0.2) is 54.4 Å². The zero-order valence-corrected chi connectivity index (χ0v) is 16.8. The molecule has 0 spiro atoms. The topological polar surface area (TPSA) is 105 Å². The maximum atomic E-state index is 12.4. The Labute approximate surface area is 174 Å². The molecule has 0 saturated carbocycles. The minimum absolute atomic E-state index is 0.0646. The molecule has 1 unspecified atom stereocenters. The molecular formula is C22H24N2O6. The van der Waals surface area contributed by atoms with Crippen molar-refractivity contribution < 1.29 is 29.1 Å². The van der Waals surface area contributed by atoms with Crippen LogP contribution in [-0.2, 0) is 19.2 Å². The highest BCUT2D eigenvalue weighted by Crippen LogP contribution is 2.44. The van der Waals surface area contributed by atoms with E-state index in [9.17, 15) is 14.4 Å². The predicted octanol–water partition coefficient (Wildman–Crippen LogP) is 2.78. The minimum Gasteiger partial charge on any atom is -0.481 e. The molecule has 8 heteroatoms. The van der Waals surface area contributed by atoms with E-state index < -0.39 is 30.4 Å². The maximum absolute atomic E-state index is 12.4. The van der Waals surface area contributed by atoms with Crippen LogP contribution in [0.1, 0.15) is 30.4 Å². The Bertz CT molecular complexity index is 899. The molecule has 3 rings (SSSR count). The number of amides is 2. The van der Waals surface area contributed by atoms with Crippen molar-refractivity contribution in [3.8, 4) is 11.1 Å². The molecule has 2 aromatic carbocycles. The minimum atomic E-state index is -1.30. The van der Waals surface area contributed by atoms with Gasteiger partial charge in [0.25, 0.3) is 5.91 Å². The first-order valence-electron chi connectivity index (χ1n) is 9.66. The number of nitrogens with one attached hydrogen (secondary N) is 1. The van der Waals surface area contributed by atoms with Crippen LogP contribution < -0.4 is 5.32 Å². The Hall–Kier alpha value is -3.39. The van der Waals surface area contributed by atoms with Gasteiger partial charge in [-0.25, -0.2) is 9.86 Å². The van der Waals surface area contributed by atoms with Gasteiger partial charge in [0.2, 0.25) is 0 Å². The molecule has 0 bridgehead atoms. The molecule has 1 atom stereocenters. The molecule has 158 valence electrons. The van der Waals surface area contributed by atoms with Crippen LogP contribution in [0.15, 0.2) is 48.5 Å². The van der Waals surface area contributed by atoms with E-state index in [-0.39, 0.29) is 19.1 Å². The Morgan fingerprint density at radius 3 is 2.17 bits per heavy atom. The van der Waals surface area contributed by atoms with Gasteiger partial charge in [0, 0.05) is 13.0 Å². The number of nitrogens with zero attached hydrogens (tertiary/aromatic N) is 1. The fourth-order valence-corrected chi connectivity index (χ4v) is 3.63. The van der Waals surface area contributed by atoms with E-state index in [4.69, 9.17) is 14.7 Å². The number of hydroxylamine groups is 2. The normalized spacial score (nSPS) is 13.1. The molecule has 2 amide bonds. The van der Waals surface area contributed by atoms with Gasteiger partial charge in [0.05, 0.1) is 13.0 Å². The van der Waals surface area contributed by atoms with Crippen molar-refractivity contribution in [1.82, 2.24) is 10.4 Å². The molecule has 0 fully saturated rings. The number of ether oxygens (including phenoxy) is 1. The van der Waals surface area contributed by atoms with E-state index >= 15 is 0 Å². The Balaban J connectivity index is 1.68. The van der Waals surface area contributed by atoms with Crippen LogP contribution in [0.2, 0.25) is 0 Å². The quantitative estimate of drug-likeness (QED) is 0.646. The van der Waals surface area contributed by atoms with Crippen LogP contribution >= 0.6 is 0 Å². The monoisotopic (exact) mass is 412 g/mol. The number of hydrogen-bond acceptors (Lipinski definition) is 5. The average molecular weight is 412 g/mol. The Morgan fingerprint density at radius 1 is 1.07 bits per heavy atom. The number of likely N-dealkylation sites (N-methyl/N-ethyl adjacent to an activating group) is 1. The van der Waals surface area contributed by atoms with Gasteiger partial charge in [0.15, 0.2) is 0 Å². The second kappa shape index (κ2) is 9.41. The molecule has 2 aromatic rings. The van der Waals surface area contributed by atoms with Gasteiger partial charge >= 0.3 is 12.1 Å². The average Bonchev–Trinajstić information content (AvgIpc) is 3.05. The Morgan fingerprint density at radius 2 is 1.63 bits per heavy atom. The van der Waals surface area contributed by atoms with Gasteiger partial charge in [0.1, 0.15) is 12.6 Å². The number of rotatable bonds is 8. The summed E-state index contributed by atoms with van der Waals surface area (Å²) in [4.78, 5) is 40.9. The van der Waals surface area contributed by atoms with Crippen LogP contribution in [0.3, 0.4) is 0 Å². The zero-order valence-electron chi connectivity index (χ0n) is 16.8. The second-order valence-electron chi connectivity index (χ2n) is 6.87. The first-order chi connectivity index (χ1) is 14.4. The summed E-state index contributed by atoms with van der Waals surface area (Å²) in [5.74, 6) is -2.03. The third kappa shape index (κ3) is 4.60. The standard InChI is InChI=1S/C22H24N2O6/c1-3-30-24(2)21(27)19(12-20(25)26)23-22(28)29-13-18-16-10-6-4-8-14(16)15-9-5-7-11-17(15)18/h4-11,18-19H,3,12-13H2,1-2H3,(H,23,28)(H,25,26). The number of carboxylic acids is 1. The second-order valence-corrected chi connectivity index (χ2v) is 6.87. The molecule has 30 heavy (non-hydrogen) atoms. The van der Waals surface area contributed by atoms with Crippen molar-refractivity contribution >= 4 is 18.0 Å². The molecule has 8 nitrogen and oxygen atoms in total. The molecular weight excluding hydrogens is 388 g/mol. The maximum Gasteiger partial charge on any atom is 0.407 e. The van der Waals surface area contributed by atoms with Crippen LogP contribution in [0.5, 0.6) is 0 Å². The molecule has 0 saturated heterocycles. The van der Waals surface area contributed by atoms with Gasteiger partial charge in [-0.2, -0.15) is 0 Å². The number of hydrogen-bond donors (Lipinski definition) is 2. The van der Waals surface area contributed by atoms with Crippen molar-refractivity contribution in [3.63, 3.8) is 0 Å². The third-order valence-corrected chi connectivity index (χ3v) is 4.95. The van der Waals surface area contributed by atoms with Gasteiger partial charge in [-0.3, -0.25) is 14.4 Å². The van der Waals surface area contributed by atoms with Gasteiger partial charge in [-0.1, -0.05) is 48.5 Å². The van der Waals surface area contributed by atoms with E-state index in [0.29, 0.717) is 0 Å². The van der Waals surface area contributed by atoms with E-state index in [1.165, 1.54) is 7.05 Å². The van der Waals surface area contributed by atoms with E-state index in [1.807, 2.05) is 48.5 Å². The smallest absolute Gasteiger partial charge is 0.407 e. The summed E-state index contributed by atoms with van der Waals surface area (Å²) in [6.45, 7) is 1.98. The number of aliphatic carboxylic acids is 1. The lowest BCUT2D eigenvalue weighted by atomic mass is 9.98. The summed E-state index contributed by atoms with van der Waals surface area (Å²) in [7, 11) is 1.36. The highest BCUT2D eigenvalue weighted by molar-refractivity contribution is 5.88. The summed E-state index contributed by atoms with van der Waals surface area (Å²) in [6.07, 6.45) is -1.44. The SMILES string of the molecule is CCON(C)C(=O)C(CC(=O)O)NC(=O)OCC1c2ccccc2-c2ccccc21. The van der Waals surface area contributed by atoms with Crippen LogP contribution in [0, 0.1) is 0 Å². The van der Waals surface area contributed by atoms with E-state index in [0.717, 1.165) is 27.3 Å². The molecule has 0 radical (unpaired) electrons. The lowest BCUT2D eigenvalue weighted by Crippen LogP contribution is -2.48. The fraction of sp³-hybridized carbons (Fsp3) is 0.318. The number of carboxylic acid groups (broad SMARTS) is 1. The first-order valence-corrected chi connectivity index (χ1v) is 9.66. The highest BCUT2D eigenvalue weighted by Gasteiger charge is 2.31. The number of carbonyl (C=O) groups excluding carboxylic acids is 2. The van der Waals surface area contributed by atoms with Crippen LogP contribution in [0.4, 0.5) is 4.79 Å². The molecule has 1 aliphatic carbocycles. The van der Waals surface area contributed by atoms with Crippen molar-refractivity contribution in [3.05, 3.63) is 59.7 Å². The predicted molar refractivity (Wildman–Crippen MR) is 109 cm³/mol. The molecule has 0 heterocycles. The van der Waals surface area contributed by atoms with E-state index in [2.05, 4.69) is 5.32 Å². The number of alkyl carbamates (subject to hydrolysis) is 1. The van der Waals surface area contributed by atoms with Crippen molar-refractivity contribution in [2.45, 2.75) is 25.3 Å². The zero-order chi connectivity index (χ0) is 21.7. The molecule has 1 aliphatic rings. The van der Waals surface area contributed by atoms with E-state index in [1.54, 1.807) is 6.92 Å². The summed E-state index contributed by atoms with van der Waals surface area (Å²) in [5.41, 5.74) is 4.31. The highest BCUT2D eigenvalue weighted by atomic mass is 16.7.